The summed E-state index contributed by atoms with van der Waals surface area (Å²) in [5.41, 5.74) is 2.34. The molecule has 0 spiro atoms. The Morgan fingerprint density at radius 3 is 2.40 bits per heavy atom. The second kappa shape index (κ2) is 7.25. The number of methoxy groups -OCH3 is 1. The van der Waals surface area contributed by atoms with Crippen LogP contribution in [0.3, 0.4) is 0 Å². The quantitative estimate of drug-likeness (QED) is 0.757. The lowest BCUT2D eigenvalue weighted by Crippen LogP contribution is -2.10. The first-order valence-corrected chi connectivity index (χ1v) is 8.04. The van der Waals surface area contributed by atoms with Gasteiger partial charge in [-0.25, -0.2) is 0 Å². The number of nitrogens with one attached hydrogen (secondary N) is 1. The fourth-order valence-electron chi connectivity index (χ4n) is 2.24. The SMILES string of the molecule is CCC(Nc1ccc(SC)cc1)c1ccccc1OC. The summed E-state index contributed by atoms with van der Waals surface area (Å²) in [6.07, 6.45) is 3.09. The standard InChI is InChI=1S/C17H21NOS/c1-4-16(15-7-5-6-8-17(15)19-2)18-13-9-11-14(20-3)12-10-13/h5-12,16,18H,4H2,1-3H3. The van der Waals surface area contributed by atoms with E-state index in [0.29, 0.717) is 0 Å². The molecule has 2 nitrogen and oxygen atoms in total. The minimum atomic E-state index is 0.256. The van der Waals surface area contributed by atoms with Gasteiger partial charge in [0.2, 0.25) is 0 Å². The van der Waals surface area contributed by atoms with E-state index in [-0.39, 0.29) is 6.04 Å². The summed E-state index contributed by atoms with van der Waals surface area (Å²) in [7, 11) is 1.72. The molecule has 1 N–H and O–H groups in total. The second-order valence-electron chi connectivity index (χ2n) is 4.58. The van der Waals surface area contributed by atoms with Crippen molar-refractivity contribution in [3.05, 3.63) is 54.1 Å². The van der Waals surface area contributed by atoms with E-state index in [1.165, 1.54) is 10.5 Å². The van der Waals surface area contributed by atoms with E-state index in [1.54, 1.807) is 18.9 Å². The smallest absolute Gasteiger partial charge is 0.124 e. The van der Waals surface area contributed by atoms with Crippen LogP contribution in [0.5, 0.6) is 5.75 Å². The summed E-state index contributed by atoms with van der Waals surface area (Å²) >= 11 is 1.76. The van der Waals surface area contributed by atoms with Gasteiger partial charge in [-0.15, -0.1) is 11.8 Å². The van der Waals surface area contributed by atoms with Crippen molar-refractivity contribution in [2.24, 2.45) is 0 Å². The molecule has 0 fully saturated rings. The predicted octanol–water partition coefficient (Wildman–Crippen LogP) is 4.98. The fraction of sp³-hybridized carbons (Fsp3) is 0.294. The lowest BCUT2D eigenvalue weighted by molar-refractivity contribution is 0.406. The van der Waals surface area contributed by atoms with Crippen LogP contribution in [0.4, 0.5) is 5.69 Å². The molecule has 0 saturated heterocycles. The van der Waals surface area contributed by atoms with E-state index in [9.17, 15) is 0 Å². The highest BCUT2D eigenvalue weighted by molar-refractivity contribution is 7.98. The van der Waals surface area contributed by atoms with E-state index in [2.05, 4.69) is 54.9 Å². The Labute approximate surface area is 125 Å². The maximum absolute atomic E-state index is 5.46. The van der Waals surface area contributed by atoms with Crippen LogP contribution in [0, 0.1) is 0 Å². The number of anilines is 1. The average Bonchev–Trinajstić information content (AvgIpc) is 2.53. The summed E-state index contributed by atoms with van der Waals surface area (Å²) in [5.74, 6) is 0.938. The number of hydrogen-bond acceptors (Lipinski definition) is 3. The number of ether oxygens (including phenoxy) is 1. The topological polar surface area (TPSA) is 21.3 Å². The number of para-hydroxylation sites is 1. The number of rotatable bonds is 6. The maximum Gasteiger partial charge on any atom is 0.124 e. The van der Waals surface area contributed by atoms with Gasteiger partial charge in [0.25, 0.3) is 0 Å². The van der Waals surface area contributed by atoms with Gasteiger partial charge in [0, 0.05) is 16.1 Å². The van der Waals surface area contributed by atoms with Gasteiger partial charge in [-0.05, 0) is 43.0 Å². The molecule has 2 rings (SSSR count). The molecule has 0 amide bonds. The highest BCUT2D eigenvalue weighted by Crippen LogP contribution is 2.30. The van der Waals surface area contributed by atoms with Gasteiger partial charge < -0.3 is 10.1 Å². The molecule has 2 aromatic rings. The monoisotopic (exact) mass is 287 g/mol. The van der Waals surface area contributed by atoms with Crippen LogP contribution in [-0.4, -0.2) is 13.4 Å². The van der Waals surface area contributed by atoms with E-state index < -0.39 is 0 Å². The summed E-state index contributed by atoms with van der Waals surface area (Å²) in [5, 5.41) is 3.58. The minimum Gasteiger partial charge on any atom is -0.496 e. The molecule has 2 aromatic carbocycles. The molecule has 0 radical (unpaired) electrons. The highest BCUT2D eigenvalue weighted by Gasteiger charge is 2.13. The Morgan fingerprint density at radius 2 is 1.80 bits per heavy atom. The number of benzene rings is 2. The highest BCUT2D eigenvalue weighted by atomic mass is 32.2. The molecular formula is C17H21NOS. The van der Waals surface area contributed by atoms with Crippen molar-refractivity contribution in [2.75, 3.05) is 18.7 Å². The van der Waals surface area contributed by atoms with Crippen molar-refractivity contribution >= 4 is 17.4 Å². The van der Waals surface area contributed by atoms with Gasteiger partial charge in [-0.3, -0.25) is 0 Å². The summed E-state index contributed by atoms with van der Waals surface area (Å²) in [6.45, 7) is 2.18. The van der Waals surface area contributed by atoms with Gasteiger partial charge in [0.15, 0.2) is 0 Å². The van der Waals surface area contributed by atoms with Crippen LogP contribution in [0.25, 0.3) is 0 Å². The van der Waals surface area contributed by atoms with Crippen molar-refractivity contribution in [3.63, 3.8) is 0 Å². The Bertz CT molecular complexity index is 539. The molecule has 106 valence electrons. The van der Waals surface area contributed by atoms with Crippen LogP contribution < -0.4 is 10.1 Å². The van der Waals surface area contributed by atoms with E-state index in [4.69, 9.17) is 4.74 Å². The molecule has 1 unspecified atom stereocenters. The average molecular weight is 287 g/mol. The lowest BCUT2D eigenvalue weighted by Gasteiger charge is -2.21. The van der Waals surface area contributed by atoms with Crippen molar-refractivity contribution in [1.29, 1.82) is 0 Å². The normalized spacial score (nSPS) is 11.9. The summed E-state index contributed by atoms with van der Waals surface area (Å²) in [6, 6.07) is 17.0. The van der Waals surface area contributed by atoms with Crippen LogP contribution in [0.15, 0.2) is 53.4 Å². The van der Waals surface area contributed by atoms with Crippen LogP contribution in [-0.2, 0) is 0 Å². The Hall–Kier alpha value is -1.61. The van der Waals surface area contributed by atoms with Gasteiger partial charge in [-0.2, -0.15) is 0 Å². The van der Waals surface area contributed by atoms with Gasteiger partial charge in [0.05, 0.1) is 13.2 Å². The third-order valence-corrected chi connectivity index (χ3v) is 4.10. The molecule has 0 heterocycles. The molecule has 3 heteroatoms. The van der Waals surface area contributed by atoms with Gasteiger partial charge in [-0.1, -0.05) is 25.1 Å². The van der Waals surface area contributed by atoms with Crippen LogP contribution in [0.1, 0.15) is 24.9 Å². The molecule has 20 heavy (non-hydrogen) atoms. The summed E-state index contributed by atoms with van der Waals surface area (Å²) in [4.78, 5) is 1.28. The zero-order valence-corrected chi connectivity index (χ0v) is 13.0. The zero-order chi connectivity index (χ0) is 14.4. The molecule has 0 aromatic heterocycles. The molecule has 0 aliphatic carbocycles. The van der Waals surface area contributed by atoms with Crippen LogP contribution >= 0.6 is 11.8 Å². The minimum absolute atomic E-state index is 0.256. The van der Waals surface area contributed by atoms with E-state index in [0.717, 1.165) is 17.9 Å². The third kappa shape index (κ3) is 3.48. The Kier molecular flexibility index (Phi) is 5.36. The maximum atomic E-state index is 5.46. The van der Waals surface area contributed by atoms with Crippen molar-refractivity contribution in [2.45, 2.75) is 24.3 Å². The first kappa shape index (κ1) is 14.8. The summed E-state index contributed by atoms with van der Waals surface area (Å²) < 4.78 is 5.46. The first-order chi connectivity index (χ1) is 9.78. The van der Waals surface area contributed by atoms with E-state index >= 15 is 0 Å². The van der Waals surface area contributed by atoms with Crippen molar-refractivity contribution < 1.29 is 4.74 Å². The lowest BCUT2D eigenvalue weighted by atomic mass is 10.0. The largest absolute Gasteiger partial charge is 0.496 e. The first-order valence-electron chi connectivity index (χ1n) is 6.82. The molecule has 1 atom stereocenters. The zero-order valence-electron chi connectivity index (χ0n) is 12.2. The molecule has 0 aliphatic rings. The van der Waals surface area contributed by atoms with Crippen LogP contribution in [0.2, 0.25) is 0 Å². The second-order valence-corrected chi connectivity index (χ2v) is 5.46. The molecular weight excluding hydrogens is 266 g/mol. The molecule has 0 aliphatic heterocycles. The van der Waals surface area contributed by atoms with Crippen molar-refractivity contribution in [3.8, 4) is 5.75 Å². The number of thioether (sulfide) groups is 1. The molecule has 0 saturated carbocycles. The Morgan fingerprint density at radius 1 is 1.10 bits per heavy atom. The third-order valence-electron chi connectivity index (χ3n) is 3.35. The van der Waals surface area contributed by atoms with Crippen molar-refractivity contribution in [1.82, 2.24) is 0 Å². The Balaban J connectivity index is 2.19. The fourth-order valence-corrected chi connectivity index (χ4v) is 2.65. The van der Waals surface area contributed by atoms with E-state index in [1.807, 2.05) is 12.1 Å². The molecule has 0 bridgehead atoms. The predicted molar refractivity (Wildman–Crippen MR) is 87.9 cm³/mol. The number of hydrogen-bond donors (Lipinski definition) is 1. The van der Waals surface area contributed by atoms with Gasteiger partial charge >= 0.3 is 0 Å². The van der Waals surface area contributed by atoms with Gasteiger partial charge in [0.1, 0.15) is 5.75 Å².